The van der Waals surface area contributed by atoms with Gasteiger partial charge in [-0.3, -0.25) is 14.4 Å². The molecule has 0 aliphatic rings. The van der Waals surface area contributed by atoms with Crippen molar-refractivity contribution in [1.82, 2.24) is 19.4 Å². The molecule has 0 spiro atoms. The Morgan fingerprint density at radius 3 is 2.18 bits per heavy atom. The highest BCUT2D eigenvalue weighted by Crippen LogP contribution is 2.44. The zero-order valence-corrected chi connectivity index (χ0v) is 22.5. The Morgan fingerprint density at radius 2 is 1.31 bits per heavy atom. The Balaban J connectivity index is 1.48. The number of rotatable bonds is 3. The summed E-state index contributed by atoms with van der Waals surface area (Å²) in [5.74, 6) is 0. The first kappa shape index (κ1) is 22.5. The number of aromatic nitrogens is 4. The molecule has 0 saturated carbocycles. The molecule has 4 aromatic carbocycles. The summed E-state index contributed by atoms with van der Waals surface area (Å²) in [7, 11) is 0. The van der Waals surface area contributed by atoms with Gasteiger partial charge in [-0.2, -0.15) is 0 Å². The molecule has 0 bridgehead atoms. The van der Waals surface area contributed by atoms with Gasteiger partial charge >= 0.3 is 0 Å². The second kappa shape index (κ2) is 8.54. The summed E-state index contributed by atoms with van der Waals surface area (Å²) in [5, 5.41) is 7.99. The Morgan fingerprint density at radius 1 is 0.564 bits per heavy atom. The molecule has 0 N–H and O–H groups in total. The van der Waals surface area contributed by atoms with Crippen molar-refractivity contribution >= 4 is 83.0 Å². The molecule has 1 unspecified atom stereocenters. The molecule has 39 heavy (non-hydrogen) atoms. The summed E-state index contributed by atoms with van der Waals surface area (Å²) in [6.45, 7) is 0. The van der Waals surface area contributed by atoms with Crippen LogP contribution in [0.1, 0.15) is 0 Å². The van der Waals surface area contributed by atoms with Gasteiger partial charge in [0.05, 0.1) is 22.1 Å². The van der Waals surface area contributed by atoms with Crippen LogP contribution < -0.4 is 15.9 Å². The topological polar surface area (TPSA) is 43.1 Å². The van der Waals surface area contributed by atoms with Crippen molar-refractivity contribution in [3.8, 4) is 0 Å². The maximum Gasteiger partial charge on any atom is 0.146 e. The summed E-state index contributed by atoms with van der Waals surface area (Å²) in [5.41, 5.74) is 5.07. The molecular weight excluding hydrogens is 515 g/mol. The van der Waals surface area contributed by atoms with Crippen LogP contribution >= 0.6 is 6.04 Å². The monoisotopic (exact) mass is 536 g/mol. The van der Waals surface area contributed by atoms with Crippen LogP contribution in [0.25, 0.3) is 49.3 Å². The van der Waals surface area contributed by atoms with Crippen molar-refractivity contribution in [1.29, 1.82) is 0 Å². The van der Waals surface area contributed by atoms with Crippen LogP contribution in [0.2, 0.25) is 0 Å². The number of pyridine rings is 3. The van der Waals surface area contributed by atoms with Gasteiger partial charge in [-0.25, -0.2) is 4.98 Å². The van der Waals surface area contributed by atoms with E-state index in [1.54, 1.807) is 0 Å². The van der Waals surface area contributed by atoms with E-state index >= 15 is 0 Å². The van der Waals surface area contributed by atoms with E-state index in [0.29, 0.717) is 0 Å². The zero-order chi connectivity index (χ0) is 26.0. The van der Waals surface area contributed by atoms with Crippen molar-refractivity contribution in [2.75, 3.05) is 0 Å². The predicted octanol–water partition coefficient (Wildman–Crippen LogP) is 6.49. The van der Waals surface area contributed by atoms with Crippen molar-refractivity contribution in [2.45, 2.75) is 0 Å². The summed E-state index contributed by atoms with van der Waals surface area (Å²) in [6, 6.07) is 35.8. The Hall–Kier alpha value is -4.44. The second-order valence-electron chi connectivity index (χ2n) is 9.70. The van der Waals surface area contributed by atoms with E-state index in [9.17, 15) is 0 Å². The fourth-order valence-electron chi connectivity index (χ4n) is 5.75. The van der Waals surface area contributed by atoms with Crippen LogP contribution in [-0.4, -0.2) is 19.4 Å². The van der Waals surface area contributed by atoms with Crippen molar-refractivity contribution in [3.05, 3.63) is 128 Å². The minimum absolute atomic E-state index is 0.951. The fraction of sp³-hybridized carbons (Fsp3) is 0. The number of benzene rings is 4. The highest BCUT2D eigenvalue weighted by Gasteiger charge is 2.26. The number of fused-ring (bicyclic) bond motifs is 9. The third-order valence-corrected chi connectivity index (χ3v) is 12.5. The number of hydrogen-bond acceptors (Lipinski definition) is 4. The van der Waals surface area contributed by atoms with Gasteiger partial charge in [0.15, 0.2) is 0 Å². The summed E-state index contributed by atoms with van der Waals surface area (Å²) in [6.07, 6.45) is 5.51. The first-order valence-corrected chi connectivity index (χ1v) is 15.6. The van der Waals surface area contributed by atoms with Gasteiger partial charge in [-0.15, -0.1) is 0 Å². The molecule has 184 valence electrons. The van der Waals surface area contributed by atoms with Gasteiger partial charge in [-0.05, 0) is 63.8 Å². The van der Waals surface area contributed by atoms with Gasteiger partial charge < -0.3 is 0 Å². The van der Waals surface area contributed by atoms with E-state index in [0.717, 1.165) is 54.4 Å². The predicted molar refractivity (Wildman–Crippen MR) is 167 cm³/mol. The van der Waals surface area contributed by atoms with E-state index in [-0.39, 0.29) is 0 Å². The van der Waals surface area contributed by atoms with Gasteiger partial charge in [0, 0.05) is 40.8 Å². The van der Waals surface area contributed by atoms with Crippen molar-refractivity contribution in [3.63, 3.8) is 0 Å². The summed E-state index contributed by atoms with van der Waals surface area (Å²) in [4.78, 5) is 14.0. The Kier molecular flexibility index (Phi) is 4.93. The molecule has 0 aliphatic carbocycles. The average molecular weight is 537 g/mol. The quantitative estimate of drug-likeness (QED) is 0.191. The summed E-state index contributed by atoms with van der Waals surface area (Å²) < 4.78 is 2.30. The molecular formula is C33H21N4PS. The lowest BCUT2D eigenvalue weighted by molar-refractivity contribution is 1.32. The normalized spacial score (nSPS) is 13.4. The summed E-state index contributed by atoms with van der Waals surface area (Å²) >= 11 is 6.72. The third-order valence-electron chi connectivity index (χ3n) is 7.58. The van der Waals surface area contributed by atoms with Gasteiger partial charge in [0.1, 0.15) is 5.65 Å². The van der Waals surface area contributed by atoms with E-state index < -0.39 is 6.04 Å². The lowest BCUT2D eigenvalue weighted by Crippen LogP contribution is -2.25. The van der Waals surface area contributed by atoms with Gasteiger partial charge in [0.2, 0.25) is 0 Å². The molecule has 4 nitrogen and oxygen atoms in total. The minimum atomic E-state index is -2.44. The van der Waals surface area contributed by atoms with Gasteiger partial charge in [0.25, 0.3) is 0 Å². The highest BCUT2D eigenvalue weighted by molar-refractivity contribution is 8.25. The molecule has 6 heteroatoms. The maximum atomic E-state index is 6.72. The van der Waals surface area contributed by atoms with Crippen molar-refractivity contribution < 1.29 is 0 Å². The molecule has 0 fully saturated rings. The van der Waals surface area contributed by atoms with Crippen molar-refractivity contribution in [2.24, 2.45) is 0 Å². The van der Waals surface area contributed by atoms with E-state index in [2.05, 4.69) is 117 Å². The molecule has 8 aromatic rings. The van der Waals surface area contributed by atoms with Crippen LogP contribution in [0.4, 0.5) is 0 Å². The number of hydrogen-bond donors (Lipinski definition) is 0. The Labute approximate surface area is 229 Å². The first-order valence-electron chi connectivity index (χ1n) is 12.8. The maximum absolute atomic E-state index is 6.72. The van der Waals surface area contributed by atoms with E-state index in [1.807, 2.05) is 24.7 Å². The molecule has 0 amide bonds. The molecule has 0 aliphatic heterocycles. The SMILES string of the molecule is S=P(c1ccncc1)(c1ccc2cccnc2c1)c1ccc2nc3c4ccccc4c4ccccc4n3c2c1. The standard InChI is InChI=1S/C33H21N4PS/c39-38(23-15-18-34-19-16-23,24-12-11-22-6-5-17-35-30(22)20-24)25-13-14-29-32(21-25)37-31-10-4-3-8-27(31)26-7-1-2-9-28(26)33(37)36-29/h1-21H. The highest BCUT2D eigenvalue weighted by atomic mass is 32.4. The van der Waals surface area contributed by atoms with Crippen LogP contribution in [0.5, 0.6) is 0 Å². The molecule has 0 radical (unpaired) electrons. The zero-order valence-electron chi connectivity index (χ0n) is 20.8. The number of para-hydroxylation sites is 1. The first-order chi connectivity index (χ1) is 19.2. The lowest BCUT2D eigenvalue weighted by Gasteiger charge is -2.24. The van der Waals surface area contributed by atoms with Crippen LogP contribution in [0.3, 0.4) is 0 Å². The molecule has 4 aromatic heterocycles. The minimum Gasteiger partial charge on any atom is -0.292 e. The van der Waals surface area contributed by atoms with Crippen LogP contribution in [-0.2, 0) is 11.8 Å². The average Bonchev–Trinajstić information content (AvgIpc) is 3.40. The second-order valence-corrected chi connectivity index (χ2v) is 14.1. The van der Waals surface area contributed by atoms with Gasteiger partial charge in [-0.1, -0.05) is 78.5 Å². The molecule has 0 saturated heterocycles. The molecule has 8 rings (SSSR count). The van der Waals surface area contributed by atoms with E-state index in [1.165, 1.54) is 10.8 Å². The molecule has 4 heterocycles. The smallest absolute Gasteiger partial charge is 0.146 e. The van der Waals surface area contributed by atoms with Crippen LogP contribution in [0, 0.1) is 0 Å². The van der Waals surface area contributed by atoms with E-state index in [4.69, 9.17) is 16.8 Å². The van der Waals surface area contributed by atoms with Crippen LogP contribution in [0.15, 0.2) is 128 Å². The number of nitrogens with zero attached hydrogens (tertiary/aromatic N) is 4. The largest absolute Gasteiger partial charge is 0.292 e. The fourth-order valence-corrected chi connectivity index (χ4v) is 9.42. The third kappa shape index (κ3) is 3.31. The lowest BCUT2D eigenvalue weighted by atomic mass is 10.1. The molecule has 1 atom stereocenters. The number of imidazole rings is 1. The Bertz CT molecular complexity index is 2270.